The lowest BCUT2D eigenvalue weighted by molar-refractivity contribution is -0.122. The topological polar surface area (TPSA) is 62.6 Å². The van der Waals surface area contributed by atoms with Crippen LogP contribution in [0.5, 0.6) is 0 Å². The smallest absolute Gasteiger partial charge is 0.270 e. The Labute approximate surface area is 143 Å². The highest BCUT2D eigenvalue weighted by Crippen LogP contribution is 2.23. The molecule has 1 aromatic carbocycles. The van der Waals surface area contributed by atoms with Crippen LogP contribution in [0.3, 0.4) is 0 Å². The summed E-state index contributed by atoms with van der Waals surface area (Å²) in [5.41, 5.74) is 0.220. The maximum absolute atomic E-state index is 13.0. The minimum atomic E-state index is -0.620. The fourth-order valence-electron chi connectivity index (χ4n) is 2.03. The molecule has 0 saturated carbocycles. The second kappa shape index (κ2) is 6.05. The van der Waals surface area contributed by atoms with Crippen LogP contribution in [0.2, 0.25) is 0 Å². The number of carbonyl (C=O) groups is 2. The molecule has 0 radical (unpaired) electrons. The van der Waals surface area contributed by atoms with Crippen LogP contribution in [-0.4, -0.2) is 16.9 Å². The zero-order valence-corrected chi connectivity index (χ0v) is 13.8. The summed E-state index contributed by atoms with van der Waals surface area (Å²) in [4.78, 5) is 25.8. The van der Waals surface area contributed by atoms with Crippen molar-refractivity contribution in [3.05, 3.63) is 58.2 Å². The molecule has 1 aliphatic heterocycles. The van der Waals surface area contributed by atoms with Crippen LogP contribution >= 0.6 is 28.1 Å². The molecule has 8 heteroatoms. The molecule has 1 aliphatic rings. The highest BCUT2D eigenvalue weighted by Gasteiger charge is 2.34. The summed E-state index contributed by atoms with van der Waals surface area (Å²) in [6.45, 7) is 0. The van der Waals surface area contributed by atoms with Crippen molar-refractivity contribution in [3.8, 4) is 0 Å². The van der Waals surface area contributed by atoms with Gasteiger partial charge in [0.15, 0.2) is 9.78 Å². The molecule has 0 spiro atoms. The fraction of sp³-hybridized carbons (Fsp3) is 0. The third-order valence-electron chi connectivity index (χ3n) is 3.07. The molecule has 2 aromatic rings. The van der Waals surface area contributed by atoms with Crippen molar-refractivity contribution < 1.29 is 18.4 Å². The number of benzene rings is 1. The van der Waals surface area contributed by atoms with E-state index in [0.717, 1.165) is 4.90 Å². The molecule has 23 heavy (non-hydrogen) atoms. The van der Waals surface area contributed by atoms with E-state index >= 15 is 0 Å². The van der Waals surface area contributed by atoms with Crippen LogP contribution < -0.4 is 10.2 Å². The summed E-state index contributed by atoms with van der Waals surface area (Å²) in [6, 6.07) is 8.45. The molecule has 116 valence electrons. The van der Waals surface area contributed by atoms with Gasteiger partial charge in [-0.2, -0.15) is 0 Å². The minimum Gasteiger partial charge on any atom is -0.450 e. The van der Waals surface area contributed by atoms with Crippen LogP contribution in [-0.2, 0) is 9.59 Å². The van der Waals surface area contributed by atoms with Crippen LogP contribution in [0.25, 0.3) is 6.08 Å². The number of thiocarbonyl (C=S) groups is 1. The number of halogens is 2. The quantitative estimate of drug-likeness (QED) is 0.483. The van der Waals surface area contributed by atoms with Crippen molar-refractivity contribution in [3.63, 3.8) is 0 Å². The molecule has 1 fully saturated rings. The predicted octanol–water partition coefficient (Wildman–Crippen LogP) is 3.01. The van der Waals surface area contributed by atoms with Gasteiger partial charge in [-0.05, 0) is 70.6 Å². The molecule has 0 atom stereocenters. The van der Waals surface area contributed by atoms with E-state index in [1.165, 1.54) is 30.3 Å². The molecule has 1 saturated heterocycles. The first-order valence-electron chi connectivity index (χ1n) is 6.38. The van der Waals surface area contributed by atoms with E-state index in [9.17, 15) is 14.0 Å². The van der Waals surface area contributed by atoms with E-state index in [-0.39, 0.29) is 10.7 Å². The molecule has 0 unspecified atom stereocenters. The SMILES string of the molecule is O=C1NC(=S)N(c2ccc(F)cc2)C(=O)/C1=C\c1ccc(Br)o1. The van der Waals surface area contributed by atoms with E-state index < -0.39 is 17.6 Å². The summed E-state index contributed by atoms with van der Waals surface area (Å²) in [7, 11) is 0. The largest absolute Gasteiger partial charge is 0.450 e. The summed E-state index contributed by atoms with van der Waals surface area (Å²) in [5, 5.41) is 2.37. The number of hydrogen-bond acceptors (Lipinski definition) is 4. The highest BCUT2D eigenvalue weighted by molar-refractivity contribution is 9.10. The first-order chi connectivity index (χ1) is 11.0. The predicted molar refractivity (Wildman–Crippen MR) is 89.0 cm³/mol. The number of hydrogen-bond donors (Lipinski definition) is 1. The van der Waals surface area contributed by atoms with Crippen molar-refractivity contribution in [1.82, 2.24) is 5.32 Å². The first kappa shape index (κ1) is 15.6. The highest BCUT2D eigenvalue weighted by atomic mass is 79.9. The number of nitrogens with one attached hydrogen (secondary N) is 1. The molecule has 1 N–H and O–H groups in total. The molecule has 0 bridgehead atoms. The zero-order chi connectivity index (χ0) is 16.6. The van der Waals surface area contributed by atoms with Gasteiger partial charge in [0, 0.05) is 0 Å². The standard InChI is InChI=1S/C15H8BrFN2O3S/c16-12-6-5-10(22-12)7-11-13(20)18-15(23)19(14(11)21)9-3-1-8(17)2-4-9/h1-7H,(H,18,20,23)/b11-7-. The van der Waals surface area contributed by atoms with Gasteiger partial charge in [-0.1, -0.05) is 0 Å². The van der Waals surface area contributed by atoms with Crippen molar-refractivity contribution in [2.75, 3.05) is 4.90 Å². The van der Waals surface area contributed by atoms with Gasteiger partial charge < -0.3 is 4.42 Å². The van der Waals surface area contributed by atoms with Crippen LogP contribution in [0.4, 0.5) is 10.1 Å². The van der Waals surface area contributed by atoms with Gasteiger partial charge >= 0.3 is 0 Å². The van der Waals surface area contributed by atoms with Crippen LogP contribution in [0.1, 0.15) is 5.76 Å². The Kier molecular flexibility index (Phi) is 4.10. The van der Waals surface area contributed by atoms with E-state index in [1.807, 2.05) is 0 Å². The minimum absolute atomic E-state index is 0.0654. The van der Waals surface area contributed by atoms with E-state index in [0.29, 0.717) is 16.1 Å². The lowest BCUT2D eigenvalue weighted by atomic mass is 10.1. The summed E-state index contributed by atoms with van der Waals surface area (Å²) in [5.74, 6) is -1.34. The Hall–Kier alpha value is -2.32. The third-order valence-corrected chi connectivity index (χ3v) is 3.78. The summed E-state index contributed by atoms with van der Waals surface area (Å²) in [6.07, 6.45) is 1.32. The Balaban J connectivity index is 2.00. The monoisotopic (exact) mass is 394 g/mol. The maximum Gasteiger partial charge on any atom is 0.270 e. The second-order valence-corrected chi connectivity index (χ2v) is 5.74. The molecular formula is C15H8BrFN2O3S. The lowest BCUT2D eigenvalue weighted by Gasteiger charge is -2.28. The van der Waals surface area contributed by atoms with E-state index in [4.69, 9.17) is 16.6 Å². The van der Waals surface area contributed by atoms with Crippen LogP contribution in [0, 0.1) is 5.82 Å². The molecule has 2 heterocycles. The van der Waals surface area contributed by atoms with Gasteiger partial charge in [-0.15, -0.1) is 0 Å². The average Bonchev–Trinajstić information content (AvgIpc) is 2.91. The number of anilines is 1. The molecular weight excluding hydrogens is 387 g/mol. The number of carbonyl (C=O) groups excluding carboxylic acids is 2. The van der Waals surface area contributed by atoms with Gasteiger partial charge in [0.1, 0.15) is 17.2 Å². The van der Waals surface area contributed by atoms with Crippen molar-refractivity contribution in [2.45, 2.75) is 0 Å². The third kappa shape index (κ3) is 3.08. The molecule has 5 nitrogen and oxygen atoms in total. The number of rotatable bonds is 2. The number of furan rings is 1. The summed E-state index contributed by atoms with van der Waals surface area (Å²) < 4.78 is 18.8. The second-order valence-electron chi connectivity index (χ2n) is 4.58. The lowest BCUT2D eigenvalue weighted by Crippen LogP contribution is -2.54. The number of amides is 2. The normalized spacial score (nSPS) is 16.9. The van der Waals surface area contributed by atoms with Gasteiger partial charge in [-0.25, -0.2) is 4.39 Å². The fourth-order valence-corrected chi connectivity index (χ4v) is 2.63. The number of nitrogens with zero attached hydrogens (tertiary/aromatic N) is 1. The molecule has 3 rings (SSSR count). The molecule has 2 amide bonds. The molecule has 1 aromatic heterocycles. The van der Waals surface area contributed by atoms with Crippen LogP contribution in [0.15, 0.2) is 51.1 Å². The van der Waals surface area contributed by atoms with E-state index in [2.05, 4.69) is 21.2 Å². The van der Waals surface area contributed by atoms with E-state index in [1.54, 1.807) is 12.1 Å². The van der Waals surface area contributed by atoms with Gasteiger partial charge in [0.05, 0.1) is 5.69 Å². The Morgan fingerprint density at radius 2 is 1.87 bits per heavy atom. The zero-order valence-electron chi connectivity index (χ0n) is 11.4. The summed E-state index contributed by atoms with van der Waals surface area (Å²) >= 11 is 8.18. The Morgan fingerprint density at radius 3 is 2.48 bits per heavy atom. The van der Waals surface area contributed by atoms with Gasteiger partial charge in [0.2, 0.25) is 0 Å². The maximum atomic E-state index is 13.0. The molecule has 0 aliphatic carbocycles. The van der Waals surface area contributed by atoms with Crippen molar-refractivity contribution in [2.24, 2.45) is 0 Å². The van der Waals surface area contributed by atoms with Crippen molar-refractivity contribution in [1.29, 1.82) is 0 Å². The van der Waals surface area contributed by atoms with Crippen molar-refractivity contribution >= 4 is 56.8 Å². The Morgan fingerprint density at radius 1 is 1.17 bits per heavy atom. The van der Waals surface area contributed by atoms with Gasteiger partial charge in [0.25, 0.3) is 11.8 Å². The average molecular weight is 395 g/mol. The first-order valence-corrected chi connectivity index (χ1v) is 7.58. The van der Waals surface area contributed by atoms with Gasteiger partial charge in [-0.3, -0.25) is 19.8 Å². The Bertz CT molecular complexity index is 845.